The number of ether oxygens (including phenoxy) is 1. The van der Waals surface area contributed by atoms with Crippen LogP contribution in [-0.4, -0.2) is 36.6 Å². The Hall–Kier alpha value is -2.70. The van der Waals surface area contributed by atoms with Crippen LogP contribution in [0, 0.1) is 0 Å². The van der Waals surface area contributed by atoms with Crippen molar-refractivity contribution in [2.24, 2.45) is 0 Å². The number of rotatable bonds is 5. The van der Waals surface area contributed by atoms with Crippen LogP contribution in [0.1, 0.15) is 22.1 Å². The monoisotopic (exact) mass is 372 g/mol. The molecular weight excluding hydrogens is 356 g/mol. The number of benzene rings is 1. The third-order valence-electron chi connectivity index (χ3n) is 4.07. The molecule has 0 aliphatic heterocycles. The lowest BCUT2D eigenvalue weighted by atomic mass is 10.1. The van der Waals surface area contributed by atoms with Crippen LogP contribution >= 0.6 is 11.6 Å². The number of halogens is 1. The van der Waals surface area contributed by atoms with E-state index in [0.717, 1.165) is 0 Å². The predicted octanol–water partition coefficient (Wildman–Crippen LogP) is 3.30. The van der Waals surface area contributed by atoms with Crippen LogP contribution in [0.3, 0.4) is 0 Å². The molecule has 2 aromatic heterocycles. The number of carbonyl (C=O) groups excluding carboxylic acids is 1. The zero-order valence-electron chi connectivity index (χ0n) is 14.3. The molecule has 0 bridgehead atoms. The molecule has 0 spiro atoms. The maximum absolute atomic E-state index is 12.9. The van der Waals surface area contributed by atoms with Gasteiger partial charge in [-0.25, -0.2) is 4.79 Å². The Kier molecular flexibility index (Phi) is 5.35. The van der Waals surface area contributed by atoms with Crippen LogP contribution in [0.2, 0.25) is 5.02 Å². The third-order valence-corrected chi connectivity index (χ3v) is 4.30. The highest BCUT2D eigenvalue weighted by molar-refractivity contribution is 6.31. The summed E-state index contributed by atoms with van der Waals surface area (Å²) < 4.78 is 10.5. The van der Waals surface area contributed by atoms with Crippen LogP contribution in [0.15, 0.2) is 57.9 Å². The van der Waals surface area contributed by atoms with E-state index in [9.17, 15) is 9.59 Å². The van der Waals surface area contributed by atoms with Gasteiger partial charge in [0.15, 0.2) is 0 Å². The van der Waals surface area contributed by atoms with Crippen molar-refractivity contribution in [1.29, 1.82) is 0 Å². The zero-order chi connectivity index (χ0) is 18.7. The van der Waals surface area contributed by atoms with Gasteiger partial charge in [-0.2, -0.15) is 0 Å². The Bertz CT molecular complexity index is 988. The maximum atomic E-state index is 12.9. The Labute approximate surface area is 155 Å². The van der Waals surface area contributed by atoms with Gasteiger partial charge in [0, 0.05) is 30.8 Å². The normalized spacial score (nSPS) is 12.1. The highest BCUT2D eigenvalue weighted by atomic mass is 35.5. The molecular formula is C19H17ClN2O4. The number of aromatic nitrogens is 1. The molecule has 0 saturated carbocycles. The molecule has 0 N–H and O–H groups in total. The number of pyridine rings is 1. The van der Waals surface area contributed by atoms with Gasteiger partial charge in [0.2, 0.25) is 0 Å². The summed E-state index contributed by atoms with van der Waals surface area (Å²) in [6.45, 7) is 0.240. The van der Waals surface area contributed by atoms with Crippen LogP contribution in [0.5, 0.6) is 0 Å². The molecule has 26 heavy (non-hydrogen) atoms. The van der Waals surface area contributed by atoms with Gasteiger partial charge in [-0.3, -0.25) is 9.78 Å². The molecule has 3 rings (SSSR count). The molecule has 1 atom stereocenters. The first kappa shape index (κ1) is 18.1. The molecule has 2 heterocycles. The number of nitrogens with zero attached hydrogens (tertiary/aromatic N) is 2. The van der Waals surface area contributed by atoms with Gasteiger partial charge in [-0.15, -0.1) is 0 Å². The van der Waals surface area contributed by atoms with Crippen molar-refractivity contribution in [3.05, 3.63) is 75.4 Å². The largest absolute Gasteiger partial charge is 0.422 e. The standard InChI is InChI=1S/C19H17ClN2O4/c1-22(16(11-25-2)15-5-3-4-8-21-15)18(23)14-10-12-9-13(20)6-7-17(12)26-19(14)24/h3-10,16H,11H2,1-2H3. The summed E-state index contributed by atoms with van der Waals surface area (Å²) in [6, 6.07) is 11.3. The molecule has 7 heteroatoms. The van der Waals surface area contributed by atoms with Gasteiger partial charge in [0.1, 0.15) is 11.1 Å². The summed E-state index contributed by atoms with van der Waals surface area (Å²) in [4.78, 5) is 30.9. The number of carbonyl (C=O) groups is 1. The lowest BCUT2D eigenvalue weighted by Crippen LogP contribution is -2.36. The number of hydrogen-bond donors (Lipinski definition) is 0. The lowest BCUT2D eigenvalue weighted by Gasteiger charge is -2.27. The molecule has 1 aromatic carbocycles. The van der Waals surface area contributed by atoms with Crippen molar-refractivity contribution in [3.63, 3.8) is 0 Å². The number of hydrogen-bond acceptors (Lipinski definition) is 5. The Balaban J connectivity index is 2.00. The SMILES string of the molecule is COCC(c1ccccn1)N(C)C(=O)c1cc2cc(Cl)ccc2oc1=O. The molecule has 1 unspecified atom stereocenters. The first-order valence-electron chi connectivity index (χ1n) is 7.91. The van der Waals surface area contributed by atoms with Crippen molar-refractivity contribution in [2.75, 3.05) is 20.8 Å². The van der Waals surface area contributed by atoms with E-state index in [0.29, 0.717) is 21.7 Å². The third kappa shape index (κ3) is 3.61. The molecule has 3 aromatic rings. The van der Waals surface area contributed by atoms with E-state index in [1.807, 2.05) is 6.07 Å². The van der Waals surface area contributed by atoms with Gasteiger partial charge in [-0.05, 0) is 36.4 Å². The van der Waals surface area contributed by atoms with Crippen LogP contribution in [0.4, 0.5) is 0 Å². The van der Waals surface area contributed by atoms with Gasteiger partial charge in [0.25, 0.3) is 5.91 Å². The number of amides is 1. The molecule has 0 saturated heterocycles. The second-order valence-electron chi connectivity index (χ2n) is 5.77. The number of likely N-dealkylation sites (N-methyl/N-ethyl adjacent to an activating group) is 1. The summed E-state index contributed by atoms with van der Waals surface area (Å²) in [5.74, 6) is -0.478. The molecule has 0 radical (unpaired) electrons. The smallest absolute Gasteiger partial charge is 0.349 e. The van der Waals surface area contributed by atoms with Crippen LogP contribution in [-0.2, 0) is 4.74 Å². The summed E-state index contributed by atoms with van der Waals surface area (Å²) in [5, 5.41) is 1.07. The van der Waals surface area contributed by atoms with E-state index in [4.69, 9.17) is 20.8 Å². The minimum Gasteiger partial charge on any atom is -0.422 e. The fourth-order valence-corrected chi connectivity index (χ4v) is 2.88. The molecule has 134 valence electrons. The van der Waals surface area contributed by atoms with Gasteiger partial charge in [0.05, 0.1) is 18.3 Å². The number of methoxy groups -OCH3 is 1. The second-order valence-corrected chi connectivity index (χ2v) is 6.21. The molecule has 0 aliphatic carbocycles. The van der Waals surface area contributed by atoms with E-state index in [1.54, 1.807) is 50.7 Å². The summed E-state index contributed by atoms with van der Waals surface area (Å²) >= 11 is 5.98. The van der Waals surface area contributed by atoms with Crippen molar-refractivity contribution >= 4 is 28.5 Å². The summed E-state index contributed by atoms with van der Waals surface area (Å²) in [7, 11) is 3.14. The highest BCUT2D eigenvalue weighted by Crippen LogP contribution is 2.22. The van der Waals surface area contributed by atoms with Crippen molar-refractivity contribution in [1.82, 2.24) is 9.88 Å². The van der Waals surface area contributed by atoms with E-state index in [1.165, 1.54) is 11.0 Å². The Morgan fingerprint density at radius 3 is 2.81 bits per heavy atom. The van der Waals surface area contributed by atoms with Crippen LogP contribution < -0.4 is 5.63 Å². The van der Waals surface area contributed by atoms with Crippen molar-refractivity contribution in [3.8, 4) is 0 Å². The molecule has 1 amide bonds. The fourth-order valence-electron chi connectivity index (χ4n) is 2.70. The van der Waals surface area contributed by atoms with E-state index >= 15 is 0 Å². The summed E-state index contributed by atoms with van der Waals surface area (Å²) in [5.41, 5.74) is 0.267. The van der Waals surface area contributed by atoms with E-state index in [-0.39, 0.29) is 12.2 Å². The first-order valence-corrected chi connectivity index (χ1v) is 8.29. The molecule has 6 nitrogen and oxygen atoms in total. The topological polar surface area (TPSA) is 72.6 Å². The Morgan fingerprint density at radius 1 is 1.31 bits per heavy atom. The number of fused-ring (bicyclic) bond motifs is 1. The molecule has 0 aliphatic rings. The lowest BCUT2D eigenvalue weighted by molar-refractivity contribution is 0.0591. The van der Waals surface area contributed by atoms with Gasteiger partial charge >= 0.3 is 5.63 Å². The average Bonchev–Trinajstić information content (AvgIpc) is 2.65. The highest BCUT2D eigenvalue weighted by Gasteiger charge is 2.26. The first-order chi connectivity index (χ1) is 12.5. The summed E-state index contributed by atoms with van der Waals surface area (Å²) in [6.07, 6.45) is 1.64. The second kappa shape index (κ2) is 7.68. The average molecular weight is 373 g/mol. The van der Waals surface area contributed by atoms with Crippen molar-refractivity contribution < 1.29 is 13.9 Å². The zero-order valence-corrected chi connectivity index (χ0v) is 15.1. The maximum Gasteiger partial charge on any atom is 0.349 e. The van der Waals surface area contributed by atoms with E-state index < -0.39 is 17.6 Å². The van der Waals surface area contributed by atoms with Gasteiger partial charge in [-0.1, -0.05) is 17.7 Å². The Morgan fingerprint density at radius 2 is 2.12 bits per heavy atom. The van der Waals surface area contributed by atoms with Crippen molar-refractivity contribution in [2.45, 2.75) is 6.04 Å². The predicted molar refractivity (Wildman–Crippen MR) is 98.4 cm³/mol. The van der Waals surface area contributed by atoms with Gasteiger partial charge < -0.3 is 14.1 Å². The van der Waals surface area contributed by atoms with Crippen LogP contribution in [0.25, 0.3) is 11.0 Å². The minimum atomic E-state index is -0.700. The fraction of sp³-hybridized carbons (Fsp3) is 0.211. The minimum absolute atomic E-state index is 0.0701. The quantitative estimate of drug-likeness (QED) is 0.642. The van der Waals surface area contributed by atoms with E-state index in [2.05, 4.69) is 4.98 Å². The molecule has 0 fully saturated rings.